The van der Waals surface area contributed by atoms with Gasteiger partial charge in [-0.1, -0.05) is 0 Å². The quantitative estimate of drug-likeness (QED) is 0.460. The number of hydrogen-bond acceptors (Lipinski definition) is 8. The van der Waals surface area contributed by atoms with Crippen LogP contribution >= 0.6 is 0 Å². The molecular weight excluding hydrogens is 338 g/mol. The summed E-state index contributed by atoms with van der Waals surface area (Å²) in [6.45, 7) is 2.07. The lowest BCUT2D eigenvalue weighted by molar-refractivity contribution is -0.385. The minimum atomic E-state index is -0.531. The summed E-state index contributed by atoms with van der Waals surface area (Å²) in [4.78, 5) is 14.8. The Kier molecular flexibility index (Phi) is 6.19. The number of anilines is 1. The van der Waals surface area contributed by atoms with Gasteiger partial charge in [-0.25, -0.2) is 4.98 Å². The largest absolute Gasteiger partial charge is 0.490 e. The van der Waals surface area contributed by atoms with Gasteiger partial charge in [0.05, 0.1) is 24.9 Å². The first-order valence-corrected chi connectivity index (χ1v) is 7.51. The highest BCUT2D eigenvalue weighted by Gasteiger charge is 2.14. The highest BCUT2D eigenvalue weighted by Crippen LogP contribution is 2.27. The third kappa shape index (κ3) is 4.31. The van der Waals surface area contributed by atoms with E-state index in [-0.39, 0.29) is 18.0 Å². The van der Waals surface area contributed by atoms with E-state index < -0.39 is 4.92 Å². The number of aryl methyl sites for hydroxylation is 1. The summed E-state index contributed by atoms with van der Waals surface area (Å²) in [5, 5.41) is 24.4. The zero-order chi connectivity index (χ0) is 19.1. The van der Waals surface area contributed by atoms with Gasteiger partial charge in [0.25, 0.3) is 0 Å². The predicted octanol–water partition coefficient (Wildman–Crippen LogP) is 2.77. The Morgan fingerprint density at radius 1 is 1.42 bits per heavy atom. The molecule has 0 saturated heterocycles. The summed E-state index contributed by atoms with van der Waals surface area (Å²) in [7, 11) is 2.90. The van der Waals surface area contributed by atoms with Crippen molar-refractivity contribution in [2.75, 3.05) is 19.6 Å². The second kappa shape index (κ2) is 8.55. The summed E-state index contributed by atoms with van der Waals surface area (Å²) in [6, 6.07) is 8.30. The van der Waals surface area contributed by atoms with Crippen molar-refractivity contribution in [1.29, 1.82) is 5.26 Å². The molecule has 2 rings (SSSR count). The Labute approximate surface area is 150 Å². The number of ether oxygens (including phenoxy) is 2. The maximum Gasteiger partial charge on any atom is 0.311 e. The third-order valence-electron chi connectivity index (χ3n) is 3.42. The average Bonchev–Trinajstić information content (AvgIpc) is 2.61. The van der Waals surface area contributed by atoms with Gasteiger partial charge >= 0.3 is 5.69 Å². The van der Waals surface area contributed by atoms with Crippen molar-refractivity contribution in [3.05, 3.63) is 56.8 Å². The molecule has 9 nitrogen and oxygen atoms in total. The van der Waals surface area contributed by atoms with Crippen molar-refractivity contribution in [3.63, 3.8) is 0 Å². The van der Waals surface area contributed by atoms with E-state index in [0.717, 1.165) is 0 Å². The fraction of sp³-hybridized carbons (Fsp3) is 0.235. The molecule has 9 heteroatoms. The van der Waals surface area contributed by atoms with Crippen molar-refractivity contribution in [2.24, 2.45) is 5.10 Å². The van der Waals surface area contributed by atoms with Gasteiger partial charge in [-0.3, -0.25) is 15.5 Å². The number of nitrogens with zero attached hydrogens (tertiary/aromatic N) is 4. The van der Waals surface area contributed by atoms with Crippen molar-refractivity contribution >= 4 is 17.7 Å². The minimum Gasteiger partial charge on any atom is -0.490 e. The molecule has 1 aromatic heterocycles. The van der Waals surface area contributed by atoms with Crippen LogP contribution in [0.25, 0.3) is 0 Å². The monoisotopic (exact) mass is 355 g/mol. The van der Waals surface area contributed by atoms with Gasteiger partial charge in [-0.05, 0) is 25.1 Å². The van der Waals surface area contributed by atoms with E-state index in [1.54, 1.807) is 26.2 Å². The maximum atomic E-state index is 11.1. The number of nitro groups is 1. The van der Waals surface area contributed by atoms with Crippen molar-refractivity contribution in [1.82, 2.24) is 4.98 Å². The van der Waals surface area contributed by atoms with Crippen LogP contribution < -0.4 is 10.2 Å². The number of rotatable bonds is 7. The van der Waals surface area contributed by atoms with Crippen molar-refractivity contribution in [2.45, 2.75) is 13.5 Å². The average molecular weight is 355 g/mol. The van der Waals surface area contributed by atoms with E-state index in [1.165, 1.54) is 25.5 Å². The Bertz CT molecular complexity index is 889. The summed E-state index contributed by atoms with van der Waals surface area (Å²) < 4.78 is 10.0. The molecule has 0 bridgehead atoms. The third-order valence-corrected chi connectivity index (χ3v) is 3.42. The van der Waals surface area contributed by atoms with Crippen LogP contribution in [0.4, 0.5) is 11.5 Å². The first-order chi connectivity index (χ1) is 12.5. The van der Waals surface area contributed by atoms with Gasteiger partial charge in [0.1, 0.15) is 11.6 Å². The molecular formula is C17H17N5O4. The molecule has 0 radical (unpaired) electrons. The highest BCUT2D eigenvalue weighted by atomic mass is 16.6. The van der Waals surface area contributed by atoms with Crippen LogP contribution in [0.5, 0.6) is 5.75 Å². The number of hydrazone groups is 1. The summed E-state index contributed by atoms with van der Waals surface area (Å²) >= 11 is 0. The number of aromatic nitrogens is 1. The molecule has 0 aliphatic heterocycles. The standard InChI is InChI=1S/C17H17N5O4/c1-11-6-13(10-25-2)14(8-18)17(20-11)21-19-9-12-4-5-16(26-3)15(7-12)22(23)24/h4-7,9H,10H2,1-3H3,(H,20,21)/b19-9+. The topological polar surface area (TPSA) is 123 Å². The molecule has 0 aliphatic rings. The van der Waals surface area contributed by atoms with Gasteiger partial charge < -0.3 is 9.47 Å². The smallest absolute Gasteiger partial charge is 0.311 e. The second-order valence-electron chi connectivity index (χ2n) is 5.25. The Balaban J connectivity index is 2.27. The van der Waals surface area contributed by atoms with Crippen molar-refractivity contribution < 1.29 is 14.4 Å². The van der Waals surface area contributed by atoms with Gasteiger partial charge in [-0.15, -0.1) is 0 Å². The molecule has 1 aromatic carbocycles. The van der Waals surface area contributed by atoms with Crippen LogP contribution in [-0.4, -0.2) is 30.3 Å². The molecule has 0 saturated carbocycles. The zero-order valence-electron chi connectivity index (χ0n) is 14.5. The fourth-order valence-electron chi connectivity index (χ4n) is 2.31. The fourth-order valence-corrected chi connectivity index (χ4v) is 2.31. The first-order valence-electron chi connectivity index (χ1n) is 7.51. The van der Waals surface area contributed by atoms with Crippen molar-refractivity contribution in [3.8, 4) is 11.8 Å². The number of benzene rings is 1. The molecule has 0 atom stereocenters. The molecule has 0 spiro atoms. The molecule has 26 heavy (non-hydrogen) atoms. The van der Waals surface area contributed by atoms with E-state index in [9.17, 15) is 15.4 Å². The van der Waals surface area contributed by atoms with Gasteiger partial charge in [0, 0.05) is 30.0 Å². The van der Waals surface area contributed by atoms with Crippen LogP contribution in [0.15, 0.2) is 29.4 Å². The number of nitro benzene ring substituents is 1. The number of hydrogen-bond donors (Lipinski definition) is 1. The molecule has 0 amide bonds. The molecule has 134 valence electrons. The van der Waals surface area contributed by atoms with Gasteiger partial charge in [0.15, 0.2) is 11.6 Å². The van der Waals surface area contributed by atoms with E-state index >= 15 is 0 Å². The number of nitriles is 1. The molecule has 0 fully saturated rings. The van der Waals surface area contributed by atoms with Gasteiger partial charge in [-0.2, -0.15) is 10.4 Å². The van der Waals surface area contributed by atoms with E-state index in [4.69, 9.17) is 9.47 Å². The van der Waals surface area contributed by atoms with Crippen LogP contribution in [0.1, 0.15) is 22.4 Å². The maximum absolute atomic E-state index is 11.1. The first kappa shape index (κ1) is 18.8. The number of nitrogens with one attached hydrogen (secondary N) is 1. The van der Waals surface area contributed by atoms with Crippen LogP contribution in [-0.2, 0) is 11.3 Å². The number of pyridine rings is 1. The summed E-state index contributed by atoms with van der Waals surface area (Å²) in [5.74, 6) is 0.454. The highest BCUT2D eigenvalue weighted by molar-refractivity contribution is 5.82. The minimum absolute atomic E-state index is 0.162. The van der Waals surface area contributed by atoms with E-state index in [2.05, 4.69) is 21.6 Å². The predicted molar refractivity (Wildman–Crippen MR) is 95.3 cm³/mol. The molecule has 0 unspecified atom stereocenters. The summed E-state index contributed by atoms with van der Waals surface area (Å²) in [5.41, 5.74) is 4.77. The van der Waals surface area contributed by atoms with Gasteiger partial charge in [0.2, 0.25) is 0 Å². The summed E-state index contributed by atoms with van der Waals surface area (Å²) in [6.07, 6.45) is 1.40. The van der Waals surface area contributed by atoms with Crippen LogP contribution in [0, 0.1) is 28.4 Å². The Morgan fingerprint density at radius 3 is 2.81 bits per heavy atom. The SMILES string of the molecule is COCc1cc(C)nc(N/N=C/c2ccc(OC)c([N+](=O)[O-])c2)c1C#N. The molecule has 0 aliphatic carbocycles. The van der Waals surface area contributed by atoms with E-state index in [0.29, 0.717) is 28.2 Å². The zero-order valence-corrected chi connectivity index (χ0v) is 14.5. The lowest BCUT2D eigenvalue weighted by atomic mass is 10.1. The molecule has 2 aromatic rings. The molecule has 1 N–H and O–H groups in total. The Hall–Kier alpha value is -3.51. The molecule has 1 heterocycles. The normalized spacial score (nSPS) is 10.5. The van der Waals surface area contributed by atoms with Crippen LogP contribution in [0.3, 0.4) is 0 Å². The second-order valence-corrected chi connectivity index (χ2v) is 5.25. The van der Waals surface area contributed by atoms with Crippen LogP contribution in [0.2, 0.25) is 0 Å². The lowest BCUT2D eigenvalue weighted by Crippen LogP contribution is -2.03. The Morgan fingerprint density at radius 2 is 2.19 bits per heavy atom. The number of methoxy groups -OCH3 is 2. The van der Waals surface area contributed by atoms with E-state index in [1.807, 2.05) is 0 Å². The lowest BCUT2D eigenvalue weighted by Gasteiger charge is -2.09.